The maximum Gasteiger partial charge on any atom is 0.0440 e. The van der Waals surface area contributed by atoms with E-state index >= 15 is 0 Å². The van der Waals surface area contributed by atoms with Gasteiger partial charge in [0.05, 0.1) is 0 Å². The number of rotatable bonds is 1. The van der Waals surface area contributed by atoms with Crippen molar-refractivity contribution in [3.05, 3.63) is 34.9 Å². The lowest BCUT2D eigenvalue weighted by molar-refractivity contribution is 0.143. The van der Waals surface area contributed by atoms with Crippen molar-refractivity contribution < 1.29 is 0 Å². The zero-order valence-electron chi connectivity index (χ0n) is 11.6. The van der Waals surface area contributed by atoms with Gasteiger partial charge in [0, 0.05) is 5.54 Å². The monoisotopic (exact) mass is 231 g/mol. The molecule has 1 aliphatic rings. The second-order valence-corrected chi connectivity index (χ2v) is 5.95. The summed E-state index contributed by atoms with van der Waals surface area (Å²) < 4.78 is 0. The molecule has 0 amide bonds. The van der Waals surface area contributed by atoms with E-state index in [2.05, 4.69) is 45.9 Å². The van der Waals surface area contributed by atoms with Gasteiger partial charge in [-0.15, -0.1) is 0 Å². The maximum atomic E-state index is 6.78. The van der Waals surface area contributed by atoms with Crippen LogP contribution in [0.25, 0.3) is 0 Å². The van der Waals surface area contributed by atoms with Crippen LogP contribution in [0.15, 0.2) is 18.2 Å². The fourth-order valence-corrected chi connectivity index (χ4v) is 3.34. The number of aryl methyl sites for hydroxylation is 1. The van der Waals surface area contributed by atoms with E-state index in [0.717, 1.165) is 12.3 Å². The van der Waals surface area contributed by atoms with E-state index in [4.69, 9.17) is 5.73 Å². The van der Waals surface area contributed by atoms with Crippen molar-refractivity contribution >= 4 is 0 Å². The first-order valence-electron chi connectivity index (χ1n) is 6.82. The Kier molecular flexibility index (Phi) is 3.31. The minimum absolute atomic E-state index is 0.117. The lowest BCUT2D eigenvalue weighted by atomic mass is 9.65. The Bertz CT molecular complexity index is 410. The van der Waals surface area contributed by atoms with Gasteiger partial charge in [-0.3, -0.25) is 0 Å². The summed E-state index contributed by atoms with van der Waals surface area (Å²) in [5, 5.41) is 0. The Morgan fingerprint density at radius 1 is 1.24 bits per heavy atom. The molecule has 1 aromatic carbocycles. The van der Waals surface area contributed by atoms with Crippen molar-refractivity contribution in [2.75, 3.05) is 0 Å². The molecule has 1 saturated carbocycles. The molecule has 0 heterocycles. The van der Waals surface area contributed by atoms with Crippen molar-refractivity contribution in [1.82, 2.24) is 0 Å². The van der Waals surface area contributed by atoms with Gasteiger partial charge in [-0.2, -0.15) is 0 Å². The van der Waals surface area contributed by atoms with Crippen molar-refractivity contribution in [3.8, 4) is 0 Å². The lowest BCUT2D eigenvalue weighted by Crippen LogP contribution is -2.48. The Labute approximate surface area is 105 Å². The van der Waals surface area contributed by atoms with Crippen LogP contribution in [-0.2, 0) is 5.54 Å². The molecule has 0 saturated heterocycles. The van der Waals surface area contributed by atoms with E-state index in [0.29, 0.717) is 5.92 Å². The predicted molar refractivity (Wildman–Crippen MR) is 74.0 cm³/mol. The van der Waals surface area contributed by atoms with Gasteiger partial charge >= 0.3 is 0 Å². The van der Waals surface area contributed by atoms with Crippen LogP contribution in [0, 0.1) is 25.7 Å². The van der Waals surface area contributed by atoms with Gasteiger partial charge in [-0.25, -0.2) is 0 Å². The first kappa shape index (κ1) is 12.6. The van der Waals surface area contributed by atoms with Gasteiger partial charge in [0.1, 0.15) is 0 Å². The molecule has 3 unspecified atom stereocenters. The van der Waals surface area contributed by atoms with Crippen LogP contribution in [0.3, 0.4) is 0 Å². The van der Waals surface area contributed by atoms with E-state index in [1.165, 1.54) is 29.5 Å². The Morgan fingerprint density at radius 2 is 1.94 bits per heavy atom. The molecular weight excluding hydrogens is 206 g/mol. The molecule has 3 atom stereocenters. The first-order valence-corrected chi connectivity index (χ1v) is 6.82. The van der Waals surface area contributed by atoms with Crippen LogP contribution >= 0.6 is 0 Å². The number of hydrogen-bond donors (Lipinski definition) is 1. The van der Waals surface area contributed by atoms with Gasteiger partial charge in [-0.1, -0.05) is 44.9 Å². The van der Waals surface area contributed by atoms with Crippen molar-refractivity contribution in [2.45, 2.75) is 52.5 Å². The summed E-state index contributed by atoms with van der Waals surface area (Å²) in [6.45, 7) is 9.06. The smallest absolute Gasteiger partial charge is 0.0440 e. The molecule has 1 aromatic rings. The molecule has 0 radical (unpaired) electrons. The molecule has 1 fully saturated rings. The van der Waals surface area contributed by atoms with Crippen molar-refractivity contribution in [1.29, 1.82) is 0 Å². The molecular formula is C16H25N. The van der Waals surface area contributed by atoms with E-state index in [1.54, 1.807) is 0 Å². The molecule has 0 spiro atoms. The van der Waals surface area contributed by atoms with Gasteiger partial charge in [-0.05, 0) is 48.8 Å². The lowest BCUT2D eigenvalue weighted by Gasteiger charge is -2.44. The summed E-state index contributed by atoms with van der Waals surface area (Å²) in [4.78, 5) is 0. The zero-order valence-corrected chi connectivity index (χ0v) is 11.6. The highest BCUT2D eigenvalue weighted by Crippen LogP contribution is 2.43. The van der Waals surface area contributed by atoms with Crippen LogP contribution in [0.1, 0.15) is 49.8 Å². The molecule has 0 bridgehead atoms. The molecule has 2 N–H and O–H groups in total. The largest absolute Gasteiger partial charge is 0.321 e. The normalized spacial score (nSPS) is 33.7. The number of benzene rings is 1. The summed E-state index contributed by atoms with van der Waals surface area (Å²) in [6.07, 6.45) is 3.71. The minimum Gasteiger partial charge on any atom is -0.321 e. The Hall–Kier alpha value is -0.820. The second kappa shape index (κ2) is 4.45. The fraction of sp³-hybridized carbons (Fsp3) is 0.625. The fourth-order valence-electron chi connectivity index (χ4n) is 3.34. The summed E-state index contributed by atoms with van der Waals surface area (Å²) >= 11 is 0. The molecule has 94 valence electrons. The third kappa shape index (κ3) is 2.01. The molecule has 0 aliphatic heterocycles. The van der Waals surface area contributed by atoms with E-state index in [-0.39, 0.29) is 5.54 Å². The zero-order chi connectivity index (χ0) is 12.6. The topological polar surface area (TPSA) is 26.0 Å². The number of nitrogens with two attached hydrogens (primary N) is 1. The number of hydrogen-bond acceptors (Lipinski definition) is 1. The van der Waals surface area contributed by atoms with E-state index < -0.39 is 0 Å². The third-order valence-corrected chi connectivity index (χ3v) is 5.02. The second-order valence-electron chi connectivity index (χ2n) is 5.95. The summed E-state index contributed by atoms with van der Waals surface area (Å²) in [5.74, 6) is 1.30. The Balaban J connectivity index is 2.46. The van der Waals surface area contributed by atoms with Gasteiger partial charge < -0.3 is 5.73 Å². The van der Waals surface area contributed by atoms with E-state index in [1.807, 2.05) is 0 Å². The average molecular weight is 231 g/mol. The Morgan fingerprint density at radius 3 is 2.65 bits per heavy atom. The quantitative estimate of drug-likeness (QED) is 0.779. The maximum absolute atomic E-state index is 6.78. The highest BCUT2D eigenvalue weighted by Gasteiger charge is 2.40. The standard InChI is InChI=1S/C16H25N/c1-11-7-5-9-15(13(11)3)16(17)10-6-8-12(2)14(16)4/h5,7,9,12,14H,6,8,10,17H2,1-4H3. The average Bonchev–Trinajstić information content (AvgIpc) is 2.29. The molecule has 1 aliphatic carbocycles. The highest BCUT2D eigenvalue weighted by molar-refractivity contribution is 5.38. The third-order valence-electron chi connectivity index (χ3n) is 5.02. The molecule has 1 heteroatoms. The van der Waals surface area contributed by atoms with Crippen LogP contribution in [-0.4, -0.2) is 0 Å². The molecule has 2 rings (SSSR count). The van der Waals surface area contributed by atoms with Crippen LogP contribution in [0.4, 0.5) is 0 Å². The van der Waals surface area contributed by atoms with Crippen LogP contribution in [0.5, 0.6) is 0 Å². The van der Waals surface area contributed by atoms with Crippen LogP contribution in [0.2, 0.25) is 0 Å². The SMILES string of the molecule is Cc1cccc(C2(N)CCCC(C)C2C)c1C. The minimum atomic E-state index is -0.117. The predicted octanol–water partition coefficient (Wildman–Crippen LogP) is 3.91. The molecule has 1 nitrogen and oxygen atoms in total. The van der Waals surface area contributed by atoms with Crippen LogP contribution < -0.4 is 5.73 Å². The molecule has 0 aromatic heterocycles. The summed E-state index contributed by atoms with van der Waals surface area (Å²) in [7, 11) is 0. The van der Waals surface area contributed by atoms with E-state index in [9.17, 15) is 0 Å². The first-order chi connectivity index (χ1) is 7.97. The van der Waals surface area contributed by atoms with Gasteiger partial charge in [0.15, 0.2) is 0 Å². The van der Waals surface area contributed by atoms with Gasteiger partial charge in [0.25, 0.3) is 0 Å². The summed E-state index contributed by atoms with van der Waals surface area (Å²) in [6, 6.07) is 6.56. The van der Waals surface area contributed by atoms with Gasteiger partial charge in [0.2, 0.25) is 0 Å². The van der Waals surface area contributed by atoms with Crippen molar-refractivity contribution in [2.24, 2.45) is 17.6 Å². The molecule has 17 heavy (non-hydrogen) atoms. The summed E-state index contributed by atoms with van der Waals surface area (Å²) in [5.41, 5.74) is 10.8. The van der Waals surface area contributed by atoms with Crippen molar-refractivity contribution in [3.63, 3.8) is 0 Å². The highest BCUT2D eigenvalue weighted by atomic mass is 14.8.